The lowest BCUT2D eigenvalue weighted by molar-refractivity contribution is -0.276. The molecule has 0 heterocycles. The number of benzene rings is 1. The number of methoxy groups -OCH3 is 1. The van der Waals surface area contributed by atoms with Gasteiger partial charge in [-0.15, -0.1) is 0 Å². The minimum atomic E-state index is -4.84. The van der Waals surface area contributed by atoms with E-state index in [4.69, 9.17) is 4.74 Å². The second-order valence-corrected chi connectivity index (χ2v) is 7.75. The maximum absolute atomic E-state index is 13.8. The van der Waals surface area contributed by atoms with Gasteiger partial charge in [-0.05, 0) is 37.3 Å². The number of hydrogen-bond acceptors (Lipinski definition) is 3. The van der Waals surface area contributed by atoms with Crippen LogP contribution in [-0.4, -0.2) is 43.2 Å². The minimum Gasteiger partial charge on any atom is -0.496 e. The molecule has 1 aromatic rings. The van der Waals surface area contributed by atoms with Crippen LogP contribution in [0.15, 0.2) is 17.1 Å². The Labute approximate surface area is 153 Å². The Morgan fingerprint density at radius 3 is 2.23 bits per heavy atom. The fraction of sp³-hybridized carbons (Fsp3) is 0.632. The molecule has 0 aliphatic rings. The monoisotopic (exact) mass is 374 g/mol. The summed E-state index contributed by atoms with van der Waals surface area (Å²) in [5.74, 6) is -0.0361. The summed E-state index contributed by atoms with van der Waals surface area (Å²) in [4.78, 5) is 6.14. The van der Waals surface area contributed by atoms with Gasteiger partial charge in [0.1, 0.15) is 5.75 Å². The summed E-state index contributed by atoms with van der Waals surface area (Å²) >= 11 is 0. The second kappa shape index (κ2) is 7.86. The summed E-state index contributed by atoms with van der Waals surface area (Å²) in [5.41, 5.74) is -3.03. The number of nitrogens with zero attached hydrogens (tertiary/aromatic N) is 2. The molecular formula is C19H29F3N2O2. The van der Waals surface area contributed by atoms with Crippen LogP contribution >= 0.6 is 0 Å². The first-order chi connectivity index (χ1) is 11.7. The zero-order valence-corrected chi connectivity index (χ0v) is 16.5. The number of alkyl halides is 3. The highest BCUT2D eigenvalue weighted by molar-refractivity contribution is 5.65. The fourth-order valence-corrected chi connectivity index (χ4v) is 2.67. The molecule has 1 unspecified atom stereocenters. The number of aliphatic hydroxyl groups is 1. The second-order valence-electron chi connectivity index (χ2n) is 7.75. The van der Waals surface area contributed by atoms with Gasteiger partial charge in [0.2, 0.25) is 0 Å². The normalized spacial score (nSPS) is 15.2. The molecule has 0 radical (unpaired) electrons. The maximum atomic E-state index is 13.8. The molecule has 0 saturated heterocycles. The van der Waals surface area contributed by atoms with Crippen LogP contribution in [0.25, 0.3) is 0 Å². The lowest BCUT2D eigenvalue weighted by Gasteiger charge is -2.37. The number of rotatable bonds is 6. The van der Waals surface area contributed by atoms with Crippen molar-refractivity contribution in [2.75, 3.05) is 20.7 Å². The molecule has 26 heavy (non-hydrogen) atoms. The molecule has 1 N–H and O–H groups in total. The molecule has 0 aliphatic carbocycles. The third kappa shape index (κ3) is 5.13. The Hall–Kier alpha value is -1.76. The topological polar surface area (TPSA) is 45.1 Å². The van der Waals surface area contributed by atoms with Gasteiger partial charge >= 0.3 is 6.18 Å². The van der Waals surface area contributed by atoms with E-state index in [1.54, 1.807) is 34.0 Å². The van der Waals surface area contributed by atoms with Gasteiger partial charge in [-0.1, -0.05) is 20.8 Å². The van der Waals surface area contributed by atoms with Crippen molar-refractivity contribution in [3.63, 3.8) is 0 Å². The zero-order chi connectivity index (χ0) is 20.3. The Kier molecular flexibility index (Phi) is 6.74. The van der Waals surface area contributed by atoms with Crippen molar-refractivity contribution in [3.05, 3.63) is 23.3 Å². The predicted octanol–water partition coefficient (Wildman–Crippen LogP) is 4.80. The molecule has 148 valence electrons. The van der Waals surface area contributed by atoms with Gasteiger partial charge in [0.05, 0.1) is 19.1 Å². The Bertz CT molecular complexity index is 651. The van der Waals surface area contributed by atoms with E-state index < -0.39 is 23.6 Å². The Morgan fingerprint density at radius 1 is 1.23 bits per heavy atom. The van der Waals surface area contributed by atoms with Crippen LogP contribution < -0.4 is 4.74 Å². The lowest BCUT2D eigenvalue weighted by Crippen LogP contribution is -2.45. The van der Waals surface area contributed by atoms with Gasteiger partial charge in [-0.2, -0.15) is 13.2 Å². The zero-order valence-electron chi connectivity index (χ0n) is 16.5. The standard InChI is InChI=1S/C19H29F3N2O2/c1-8-24(6)12-23-15-10-16(26-7)14(9-13(15)2)18(25,19(20,21)22)11-17(3,4)5/h9-10,12,25H,8,11H2,1-7H3. The number of halogens is 3. The molecule has 0 amide bonds. The summed E-state index contributed by atoms with van der Waals surface area (Å²) < 4.78 is 46.7. The molecule has 1 aromatic carbocycles. The number of hydrogen-bond donors (Lipinski definition) is 1. The van der Waals surface area contributed by atoms with Crippen LogP contribution in [-0.2, 0) is 5.60 Å². The van der Waals surface area contributed by atoms with Gasteiger partial charge in [0, 0.05) is 25.2 Å². The summed E-state index contributed by atoms with van der Waals surface area (Å²) in [6, 6.07) is 2.75. The van der Waals surface area contributed by atoms with Crippen LogP contribution in [0.5, 0.6) is 5.75 Å². The van der Waals surface area contributed by atoms with Crippen molar-refractivity contribution in [3.8, 4) is 5.75 Å². The van der Waals surface area contributed by atoms with Crippen molar-refractivity contribution in [2.45, 2.75) is 52.8 Å². The van der Waals surface area contributed by atoms with Crippen LogP contribution in [0, 0.1) is 12.3 Å². The van der Waals surface area contributed by atoms with E-state index in [0.717, 1.165) is 6.54 Å². The summed E-state index contributed by atoms with van der Waals surface area (Å²) in [5, 5.41) is 10.7. The van der Waals surface area contributed by atoms with Crippen molar-refractivity contribution in [1.82, 2.24) is 4.90 Å². The average molecular weight is 374 g/mol. The third-order valence-corrected chi connectivity index (χ3v) is 4.11. The molecule has 1 rings (SSSR count). The van der Waals surface area contributed by atoms with Gasteiger partial charge in [0.15, 0.2) is 5.60 Å². The predicted molar refractivity (Wildman–Crippen MR) is 98.2 cm³/mol. The number of ether oxygens (including phenoxy) is 1. The number of aryl methyl sites for hydroxylation is 1. The molecule has 0 aliphatic heterocycles. The van der Waals surface area contributed by atoms with Gasteiger partial charge < -0.3 is 14.7 Å². The Balaban J connectivity index is 3.54. The molecule has 0 spiro atoms. The SMILES string of the molecule is CCN(C)C=Nc1cc(OC)c(C(O)(CC(C)(C)C)C(F)(F)F)cc1C. The van der Waals surface area contributed by atoms with Gasteiger partial charge in [-0.25, -0.2) is 4.99 Å². The van der Waals surface area contributed by atoms with E-state index in [9.17, 15) is 18.3 Å². The molecule has 4 nitrogen and oxygen atoms in total. The third-order valence-electron chi connectivity index (χ3n) is 4.11. The van der Waals surface area contributed by atoms with Crippen LogP contribution in [0.3, 0.4) is 0 Å². The van der Waals surface area contributed by atoms with Gasteiger partial charge in [-0.3, -0.25) is 0 Å². The highest BCUT2D eigenvalue weighted by Crippen LogP contribution is 2.50. The molecule has 0 bridgehead atoms. The van der Waals surface area contributed by atoms with Crippen molar-refractivity contribution in [2.24, 2.45) is 10.4 Å². The summed E-state index contributed by atoms with van der Waals surface area (Å²) in [7, 11) is 3.13. The summed E-state index contributed by atoms with van der Waals surface area (Å²) in [6.07, 6.45) is -3.72. The van der Waals surface area contributed by atoms with E-state index in [0.29, 0.717) is 11.3 Å². The van der Waals surface area contributed by atoms with Gasteiger partial charge in [0.25, 0.3) is 0 Å². The average Bonchev–Trinajstić information content (AvgIpc) is 2.50. The highest BCUT2D eigenvalue weighted by Gasteiger charge is 2.57. The minimum absolute atomic E-state index is 0.0361. The largest absolute Gasteiger partial charge is 0.496 e. The van der Waals surface area contributed by atoms with Crippen molar-refractivity contribution < 1.29 is 23.0 Å². The molecule has 0 saturated carbocycles. The van der Waals surface area contributed by atoms with E-state index in [1.807, 2.05) is 18.9 Å². The maximum Gasteiger partial charge on any atom is 0.421 e. The van der Waals surface area contributed by atoms with E-state index in [-0.39, 0.29) is 11.3 Å². The molecule has 1 atom stereocenters. The Morgan fingerprint density at radius 2 is 1.81 bits per heavy atom. The van der Waals surface area contributed by atoms with Crippen LogP contribution in [0.1, 0.15) is 45.2 Å². The molecule has 0 aromatic heterocycles. The quantitative estimate of drug-likeness (QED) is 0.575. The molecule has 0 fully saturated rings. The first kappa shape index (κ1) is 22.3. The van der Waals surface area contributed by atoms with Crippen molar-refractivity contribution in [1.29, 1.82) is 0 Å². The summed E-state index contributed by atoms with van der Waals surface area (Å²) in [6.45, 7) is 9.33. The van der Waals surface area contributed by atoms with Crippen LogP contribution in [0.4, 0.5) is 18.9 Å². The molecule has 7 heteroatoms. The van der Waals surface area contributed by atoms with E-state index in [2.05, 4.69) is 4.99 Å². The first-order valence-electron chi connectivity index (χ1n) is 8.48. The molecular weight excluding hydrogens is 345 g/mol. The smallest absolute Gasteiger partial charge is 0.421 e. The van der Waals surface area contributed by atoms with Crippen molar-refractivity contribution >= 4 is 12.0 Å². The van der Waals surface area contributed by atoms with Crippen LogP contribution in [0.2, 0.25) is 0 Å². The highest BCUT2D eigenvalue weighted by atomic mass is 19.4. The fourth-order valence-electron chi connectivity index (χ4n) is 2.67. The number of aliphatic imine (C=N–C) groups is 1. The van der Waals surface area contributed by atoms with E-state index >= 15 is 0 Å². The van der Waals surface area contributed by atoms with E-state index in [1.165, 1.54) is 19.2 Å². The first-order valence-corrected chi connectivity index (χ1v) is 8.48. The lowest BCUT2D eigenvalue weighted by atomic mass is 9.77.